The van der Waals surface area contributed by atoms with Crippen molar-refractivity contribution in [1.29, 1.82) is 0 Å². The zero-order valence-electron chi connectivity index (χ0n) is 16.7. The van der Waals surface area contributed by atoms with Crippen LogP contribution < -0.4 is 10.5 Å². The minimum absolute atomic E-state index is 0.157. The average molecular weight is 453 g/mol. The standard InChI is InChI=1S/C22H20N4O3S2/c27-17(29-14-15-7-2-1-3-8-15)13-26-21(28)19-20(18(24-26)16-9-6-12-30-16)31-22(23-19)25-10-4-5-11-25/h1-3,6-9,12H,4-5,10-11,13-14H2. The maximum absolute atomic E-state index is 13.1. The summed E-state index contributed by atoms with van der Waals surface area (Å²) in [5.74, 6) is -0.509. The highest BCUT2D eigenvalue weighted by molar-refractivity contribution is 7.23. The molecule has 9 heteroatoms. The second-order valence-electron chi connectivity index (χ2n) is 7.30. The van der Waals surface area contributed by atoms with Gasteiger partial charge in [-0.15, -0.1) is 11.3 Å². The van der Waals surface area contributed by atoms with Gasteiger partial charge >= 0.3 is 5.97 Å². The first kappa shape index (κ1) is 19.9. The van der Waals surface area contributed by atoms with E-state index in [4.69, 9.17) is 4.74 Å². The summed E-state index contributed by atoms with van der Waals surface area (Å²) >= 11 is 3.04. The van der Waals surface area contributed by atoms with Crippen LogP contribution in [0.4, 0.5) is 5.13 Å². The smallest absolute Gasteiger partial charge is 0.328 e. The monoisotopic (exact) mass is 452 g/mol. The Labute approximate surface area is 186 Å². The molecule has 158 valence electrons. The molecule has 0 aliphatic carbocycles. The van der Waals surface area contributed by atoms with Crippen LogP contribution in [0.3, 0.4) is 0 Å². The Morgan fingerprint density at radius 2 is 1.90 bits per heavy atom. The summed E-state index contributed by atoms with van der Waals surface area (Å²) in [6, 6.07) is 13.3. The molecular weight excluding hydrogens is 432 g/mol. The number of aromatic nitrogens is 3. The van der Waals surface area contributed by atoms with Gasteiger partial charge in [0.05, 0.1) is 9.58 Å². The molecule has 1 fully saturated rings. The fourth-order valence-corrected chi connectivity index (χ4v) is 5.47. The van der Waals surface area contributed by atoms with Crippen molar-refractivity contribution in [2.24, 2.45) is 0 Å². The molecule has 3 aromatic heterocycles. The van der Waals surface area contributed by atoms with Gasteiger partial charge in [-0.2, -0.15) is 5.10 Å². The number of thiophene rings is 1. The summed E-state index contributed by atoms with van der Waals surface area (Å²) in [5, 5.41) is 7.35. The van der Waals surface area contributed by atoms with Gasteiger partial charge in [0, 0.05) is 13.1 Å². The molecule has 1 aromatic carbocycles. The van der Waals surface area contributed by atoms with E-state index < -0.39 is 5.97 Å². The fraction of sp³-hybridized carbons (Fsp3) is 0.273. The van der Waals surface area contributed by atoms with E-state index in [0.29, 0.717) is 11.2 Å². The van der Waals surface area contributed by atoms with Crippen LogP contribution in [0.2, 0.25) is 0 Å². The molecule has 0 amide bonds. The number of carbonyl (C=O) groups is 1. The van der Waals surface area contributed by atoms with Gasteiger partial charge in [0.1, 0.15) is 18.8 Å². The number of fused-ring (bicyclic) bond motifs is 1. The molecule has 4 aromatic rings. The van der Waals surface area contributed by atoms with Crippen LogP contribution in [0.25, 0.3) is 20.8 Å². The molecule has 0 N–H and O–H groups in total. The number of nitrogens with zero attached hydrogens (tertiary/aromatic N) is 4. The van der Waals surface area contributed by atoms with Crippen molar-refractivity contribution < 1.29 is 9.53 Å². The molecule has 0 unspecified atom stereocenters. The first-order valence-corrected chi connectivity index (χ1v) is 11.8. The Balaban J connectivity index is 1.48. The van der Waals surface area contributed by atoms with Crippen molar-refractivity contribution in [3.8, 4) is 10.6 Å². The van der Waals surface area contributed by atoms with E-state index in [1.54, 1.807) is 11.3 Å². The van der Waals surface area contributed by atoms with Gasteiger partial charge in [-0.25, -0.2) is 9.67 Å². The minimum atomic E-state index is -0.509. The summed E-state index contributed by atoms with van der Waals surface area (Å²) in [6.45, 7) is 1.80. The van der Waals surface area contributed by atoms with Crippen LogP contribution in [0.15, 0.2) is 52.6 Å². The third-order valence-corrected chi connectivity index (χ3v) is 7.14. The lowest BCUT2D eigenvalue weighted by Crippen LogP contribution is -2.28. The van der Waals surface area contributed by atoms with Crippen molar-refractivity contribution in [3.63, 3.8) is 0 Å². The van der Waals surface area contributed by atoms with Gasteiger partial charge in [-0.05, 0) is 29.9 Å². The number of benzene rings is 1. The van der Waals surface area contributed by atoms with Gasteiger partial charge in [0.25, 0.3) is 5.56 Å². The van der Waals surface area contributed by atoms with Crippen molar-refractivity contribution in [2.75, 3.05) is 18.0 Å². The van der Waals surface area contributed by atoms with E-state index in [9.17, 15) is 9.59 Å². The number of hydrogen-bond acceptors (Lipinski definition) is 8. The van der Waals surface area contributed by atoms with Gasteiger partial charge in [-0.3, -0.25) is 9.59 Å². The third-order valence-electron chi connectivity index (χ3n) is 5.14. The second kappa shape index (κ2) is 8.60. The normalized spacial score (nSPS) is 13.7. The molecule has 7 nitrogen and oxygen atoms in total. The van der Waals surface area contributed by atoms with Crippen LogP contribution in [-0.4, -0.2) is 33.8 Å². The Morgan fingerprint density at radius 3 is 2.65 bits per heavy atom. The van der Waals surface area contributed by atoms with Crippen LogP contribution in [0.5, 0.6) is 0 Å². The van der Waals surface area contributed by atoms with E-state index in [1.165, 1.54) is 16.0 Å². The summed E-state index contributed by atoms with van der Waals surface area (Å²) in [6.07, 6.45) is 2.26. The maximum atomic E-state index is 13.1. The lowest BCUT2D eigenvalue weighted by molar-refractivity contribution is -0.146. The van der Waals surface area contributed by atoms with Crippen LogP contribution in [-0.2, 0) is 22.7 Å². The first-order chi connectivity index (χ1) is 15.2. The fourth-order valence-electron chi connectivity index (χ4n) is 3.58. The number of thiazole rings is 1. The molecule has 31 heavy (non-hydrogen) atoms. The van der Waals surface area contributed by atoms with E-state index in [0.717, 1.165) is 46.2 Å². The van der Waals surface area contributed by atoms with Crippen molar-refractivity contribution >= 4 is 44.0 Å². The van der Waals surface area contributed by atoms with Crippen molar-refractivity contribution in [3.05, 3.63) is 63.8 Å². The zero-order chi connectivity index (χ0) is 21.2. The highest BCUT2D eigenvalue weighted by Crippen LogP contribution is 2.36. The molecule has 1 aliphatic heterocycles. The van der Waals surface area contributed by atoms with Crippen LogP contribution in [0.1, 0.15) is 18.4 Å². The minimum Gasteiger partial charge on any atom is -0.459 e. The quantitative estimate of drug-likeness (QED) is 0.413. The molecule has 4 heterocycles. The number of ether oxygens (including phenoxy) is 1. The lowest BCUT2D eigenvalue weighted by atomic mass is 10.2. The van der Waals surface area contributed by atoms with Gasteiger partial charge in [-0.1, -0.05) is 47.7 Å². The highest BCUT2D eigenvalue weighted by atomic mass is 32.1. The summed E-state index contributed by atoms with van der Waals surface area (Å²) < 4.78 is 7.30. The summed E-state index contributed by atoms with van der Waals surface area (Å²) in [5.41, 5.74) is 1.57. The SMILES string of the molecule is O=C(Cn1nc(-c2cccs2)c2sc(N3CCCC3)nc2c1=O)OCc1ccccc1. The highest BCUT2D eigenvalue weighted by Gasteiger charge is 2.23. The predicted molar refractivity (Wildman–Crippen MR) is 123 cm³/mol. The Morgan fingerprint density at radius 1 is 1.10 bits per heavy atom. The summed E-state index contributed by atoms with van der Waals surface area (Å²) in [7, 11) is 0. The lowest BCUT2D eigenvalue weighted by Gasteiger charge is -2.11. The largest absolute Gasteiger partial charge is 0.459 e. The Hall–Kier alpha value is -3.04. The topological polar surface area (TPSA) is 77.3 Å². The van der Waals surface area contributed by atoms with Gasteiger partial charge in [0.2, 0.25) is 0 Å². The molecule has 0 radical (unpaired) electrons. The number of rotatable bonds is 6. The predicted octanol–water partition coefficient (Wildman–Crippen LogP) is 3.93. The number of carbonyl (C=O) groups excluding carboxylic acids is 1. The third kappa shape index (κ3) is 4.11. The molecule has 1 aliphatic rings. The maximum Gasteiger partial charge on any atom is 0.328 e. The van der Waals surface area contributed by atoms with Crippen LogP contribution in [0, 0.1) is 0 Å². The Kier molecular flexibility index (Phi) is 5.52. The average Bonchev–Trinajstić information content (AvgIpc) is 3.56. The zero-order valence-corrected chi connectivity index (χ0v) is 18.3. The molecule has 0 spiro atoms. The first-order valence-electron chi connectivity index (χ1n) is 10.1. The molecule has 1 saturated heterocycles. The van der Waals surface area contributed by atoms with E-state index in [2.05, 4.69) is 15.0 Å². The Bertz CT molecular complexity index is 1260. The second-order valence-corrected chi connectivity index (χ2v) is 9.23. The van der Waals surface area contributed by atoms with Gasteiger partial charge < -0.3 is 9.64 Å². The molecule has 0 atom stereocenters. The number of anilines is 1. The molecular formula is C22H20N4O3S2. The number of esters is 1. The van der Waals surface area contributed by atoms with E-state index in [-0.39, 0.29) is 18.7 Å². The number of hydrogen-bond donors (Lipinski definition) is 0. The van der Waals surface area contributed by atoms with E-state index in [1.807, 2.05) is 47.8 Å². The van der Waals surface area contributed by atoms with E-state index >= 15 is 0 Å². The molecule has 5 rings (SSSR count). The molecule has 0 bridgehead atoms. The summed E-state index contributed by atoms with van der Waals surface area (Å²) in [4.78, 5) is 33.3. The van der Waals surface area contributed by atoms with Crippen LogP contribution >= 0.6 is 22.7 Å². The van der Waals surface area contributed by atoms with Crippen molar-refractivity contribution in [2.45, 2.75) is 26.0 Å². The molecule has 0 saturated carbocycles. The van der Waals surface area contributed by atoms with Gasteiger partial charge in [0.15, 0.2) is 10.6 Å². The van der Waals surface area contributed by atoms with Crippen molar-refractivity contribution in [1.82, 2.24) is 14.8 Å².